The van der Waals surface area contributed by atoms with Gasteiger partial charge in [0.1, 0.15) is 12.4 Å². The van der Waals surface area contributed by atoms with E-state index in [0.29, 0.717) is 13.0 Å². The van der Waals surface area contributed by atoms with Gasteiger partial charge in [0, 0.05) is 6.54 Å². The Hall–Kier alpha value is -0.960. The lowest BCUT2D eigenvalue weighted by atomic mass is 10.3. The van der Waals surface area contributed by atoms with Crippen molar-refractivity contribution >= 4 is 22.4 Å². The fourth-order valence-corrected chi connectivity index (χ4v) is 2.34. The molecule has 116 valence electrons. The van der Waals surface area contributed by atoms with Gasteiger partial charge in [0.05, 0.1) is 4.90 Å². The summed E-state index contributed by atoms with van der Waals surface area (Å²) in [6.45, 7) is -0.0771. The van der Waals surface area contributed by atoms with Gasteiger partial charge in [-0.25, -0.2) is 21.9 Å². The Morgan fingerprint density at radius 3 is 2.35 bits per heavy atom. The van der Waals surface area contributed by atoms with Crippen LogP contribution in [-0.2, 0) is 10.0 Å². The molecule has 0 aliphatic rings. The molecule has 0 atom stereocenters. The molecule has 0 spiro atoms. The Kier molecular flexibility index (Phi) is 8.63. The van der Waals surface area contributed by atoms with Crippen molar-refractivity contribution < 1.29 is 21.9 Å². The van der Waals surface area contributed by atoms with Crippen molar-refractivity contribution in [3.8, 4) is 5.75 Å². The molecule has 0 fully saturated rings. The van der Waals surface area contributed by atoms with Crippen LogP contribution in [0.15, 0.2) is 29.2 Å². The monoisotopic (exact) mass is 330 g/mol. The summed E-state index contributed by atoms with van der Waals surface area (Å²) in [5, 5.41) is 0. The standard InChI is InChI=1S/C11H16F2N2O3S.ClH/c12-11(13)8-18-9-2-4-10(5-3-9)19(16,17)15-7-1-6-14;/h2-5,11,15H,1,6-8,14H2;1H. The van der Waals surface area contributed by atoms with Gasteiger partial charge < -0.3 is 10.5 Å². The fraction of sp³-hybridized carbons (Fsp3) is 0.455. The summed E-state index contributed by atoms with van der Waals surface area (Å²) in [7, 11) is -3.59. The minimum atomic E-state index is -3.59. The summed E-state index contributed by atoms with van der Waals surface area (Å²) < 4.78 is 54.5. The van der Waals surface area contributed by atoms with Gasteiger partial charge in [-0.05, 0) is 37.2 Å². The third-order valence-corrected chi connectivity index (χ3v) is 3.66. The number of nitrogens with one attached hydrogen (secondary N) is 1. The highest BCUT2D eigenvalue weighted by Crippen LogP contribution is 2.16. The number of halogens is 3. The summed E-state index contributed by atoms with van der Waals surface area (Å²) >= 11 is 0. The maximum absolute atomic E-state index is 11.9. The van der Waals surface area contributed by atoms with Gasteiger partial charge in [-0.3, -0.25) is 0 Å². The average Bonchev–Trinajstić information content (AvgIpc) is 2.37. The Labute approximate surface area is 123 Å². The highest BCUT2D eigenvalue weighted by molar-refractivity contribution is 7.89. The van der Waals surface area contributed by atoms with E-state index in [1.165, 1.54) is 24.3 Å². The van der Waals surface area contributed by atoms with Gasteiger partial charge >= 0.3 is 0 Å². The molecule has 0 unspecified atom stereocenters. The Bertz CT molecular complexity index is 483. The second-order valence-electron chi connectivity index (χ2n) is 3.71. The number of benzene rings is 1. The van der Waals surface area contributed by atoms with Crippen molar-refractivity contribution in [3.05, 3.63) is 24.3 Å². The van der Waals surface area contributed by atoms with Gasteiger partial charge in [0.2, 0.25) is 10.0 Å². The predicted octanol–water partition coefficient (Wildman–Crippen LogP) is 1.38. The maximum Gasteiger partial charge on any atom is 0.272 e. The van der Waals surface area contributed by atoms with Crippen LogP contribution in [0.2, 0.25) is 0 Å². The van der Waals surface area contributed by atoms with E-state index >= 15 is 0 Å². The zero-order valence-electron chi connectivity index (χ0n) is 10.6. The lowest BCUT2D eigenvalue weighted by Gasteiger charge is -2.08. The number of hydrogen-bond donors (Lipinski definition) is 2. The van der Waals surface area contributed by atoms with Crippen LogP contribution in [0, 0.1) is 0 Å². The number of sulfonamides is 1. The van der Waals surface area contributed by atoms with Crippen LogP contribution in [-0.4, -0.2) is 34.5 Å². The van der Waals surface area contributed by atoms with Crippen molar-refractivity contribution in [2.45, 2.75) is 17.7 Å². The fourth-order valence-electron chi connectivity index (χ4n) is 1.27. The van der Waals surface area contributed by atoms with Crippen LogP contribution in [0.5, 0.6) is 5.75 Å². The van der Waals surface area contributed by atoms with Crippen molar-refractivity contribution in [2.24, 2.45) is 5.73 Å². The summed E-state index contributed by atoms with van der Waals surface area (Å²) in [4.78, 5) is 0.0499. The first-order valence-electron chi connectivity index (χ1n) is 5.66. The molecule has 0 heterocycles. The molecule has 20 heavy (non-hydrogen) atoms. The van der Waals surface area contributed by atoms with Crippen LogP contribution in [0.1, 0.15) is 6.42 Å². The van der Waals surface area contributed by atoms with Gasteiger partial charge in [0.25, 0.3) is 6.43 Å². The van der Waals surface area contributed by atoms with E-state index in [0.717, 1.165) is 0 Å². The topological polar surface area (TPSA) is 81.4 Å². The maximum atomic E-state index is 11.9. The summed E-state index contributed by atoms with van der Waals surface area (Å²) in [5.41, 5.74) is 5.26. The van der Waals surface area contributed by atoms with Gasteiger partial charge in [-0.2, -0.15) is 0 Å². The highest BCUT2D eigenvalue weighted by Gasteiger charge is 2.13. The number of ether oxygens (including phenoxy) is 1. The molecule has 0 aromatic heterocycles. The van der Waals surface area contributed by atoms with Crippen molar-refractivity contribution in [1.29, 1.82) is 0 Å². The molecular weight excluding hydrogens is 314 g/mol. The molecule has 1 aromatic carbocycles. The number of nitrogens with two attached hydrogens (primary N) is 1. The molecule has 0 saturated carbocycles. The van der Waals surface area contributed by atoms with Crippen LogP contribution in [0.25, 0.3) is 0 Å². The molecule has 0 aliphatic carbocycles. The first kappa shape index (κ1) is 19.0. The van der Waals surface area contributed by atoms with Crippen LogP contribution in [0.3, 0.4) is 0 Å². The van der Waals surface area contributed by atoms with E-state index in [9.17, 15) is 17.2 Å². The van der Waals surface area contributed by atoms with E-state index in [1.54, 1.807) is 0 Å². The van der Waals surface area contributed by atoms with E-state index in [-0.39, 0.29) is 29.6 Å². The normalized spacial score (nSPS) is 11.2. The molecule has 0 amide bonds. The molecule has 0 aliphatic heterocycles. The number of alkyl halides is 2. The quantitative estimate of drug-likeness (QED) is 0.706. The second kappa shape index (κ2) is 9.06. The first-order valence-corrected chi connectivity index (χ1v) is 7.15. The van der Waals surface area contributed by atoms with Gasteiger partial charge in [0.15, 0.2) is 0 Å². The van der Waals surface area contributed by atoms with Crippen LogP contribution >= 0.6 is 12.4 Å². The van der Waals surface area contributed by atoms with Crippen molar-refractivity contribution in [2.75, 3.05) is 19.7 Å². The van der Waals surface area contributed by atoms with E-state index < -0.39 is 23.1 Å². The van der Waals surface area contributed by atoms with Gasteiger partial charge in [-0.1, -0.05) is 0 Å². The number of hydrogen-bond acceptors (Lipinski definition) is 4. The zero-order chi connectivity index (χ0) is 14.3. The molecule has 0 radical (unpaired) electrons. The molecule has 0 saturated heterocycles. The average molecular weight is 331 g/mol. The Balaban J connectivity index is 0.00000361. The molecule has 1 rings (SSSR count). The SMILES string of the molecule is Cl.NCCCNS(=O)(=O)c1ccc(OCC(F)F)cc1. The van der Waals surface area contributed by atoms with E-state index in [4.69, 9.17) is 10.5 Å². The van der Waals surface area contributed by atoms with E-state index in [1.807, 2.05) is 0 Å². The molecule has 9 heteroatoms. The minimum absolute atomic E-state index is 0. The Morgan fingerprint density at radius 1 is 1.25 bits per heavy atom. The third-order valence-electron chi connectivity index (χ3n) is 2.18. The minimum Gasteiger partial charge on any atom is -0.488 e. The summed E-state index contributed by atoms with van der Waals surface area (Å²) in [6.07, 6.45) is -2.03. The van der Waals surface area contributed by atoms with E-state index in [2.05, 4.69) is 4.72 Å². The van der Waals surface area contributed by atoms with Gasteiger partial charge in [-0.15, -0.1) is 12.4 Å². The molecular formula is C11H17ClF2N2O3S. The lowest BCUT2D eigenvalue weighted by molar-refractivity contribution is 0.0819. The Morgan fingerprint density at radius 2 is 1.85 bits per heavy atom. The summed E-state index contributed by atoms with van der Waals surface area (Å²) in [5.74, 6) is 0.196. The first-order chi connectivity index (χ1) is 8.95. The predicted molar refractivity (Wildman–Crippen MR) is 74.0 cm³/mol. The van der Waals surface area contributed by atoms with Crippen molar-refractivity contribution in [3.63, 3.8) is 0 Å². The molecule has 5 nitrogen and oxygen atoms in total. The molecule has 1 aromatic rings. The van der Waals surface area contributed by atoms with Crippen molar-refractivity contribution in [1.82, 2.24) is 4.72 Å². The largest absolute Gasteiger partial charge is 0.488 e. The lowest BCUT2D eigenvalue weighted by Crippen LogP contribution is -2.26. The zero-order valence-corrected chi connectivity index (χ0v) is 12.2. The van der Waals surface area contributed by atoms with Crippen LogP contribution in [0.4, 0.5) is 8.78 Å². The smallest absolute Gasteiger partial charge is 0.272 e. The third kappa shape index (κ3) is 6.47. The van der Waals surface area contributed by atoms with Crippen LogP contribution < -0.4 is 15.2 Å². The summed E-state index contributed by atoms with van der Waals surface area (Å²) in [6, 6.07) is 5.26. The number of rotatable bonds is 8. The molecule has 3 N–H and O–H groups in total. The highest BCUT2D eigenvalue weighted by atomic mass is 35.5. The molecule has 0 bridgehead atoms. The second-order valence-corrected chi connectivity index (χ2v) is 5.48.